The molecule has 0 spiro atoms. The predicted octanol–water partition coefficient (Wildman–Crippen LogP) is 3.36. The summed E-state index contributed by atoms with van der Waals surface area (Å²) in [6, 6.07) is 9.36. The minimum Gasteiger partial charge on any atom is -0.360 e. The standard InChI is InChI=1S/C22H32N4O3/c1-5-6-7-8-18-9-11-19(12-10-18)22(28)26(14-13-25(3)4)16-21(27)23-20-15-17(2)29-24-20/h9-12,15H,5-8,13-14,16H2,1-4H3,(H,23,24,27). The fourth-order valence-corrected chi connectivity index (χ4v) is 2.93. The number of hydrogen-bond donors (Lipinski definition) is 1. The molecule has 0 bridgehead atoms. The summed E-state index contributed by atoms with van der Waals surface area (Å²) in [5.41, 5.74) is 1.82. The molecule has 7 heteroatoms. The molecule has 1 N–H and O–H groups in total. The van der Waals surface area contributed by atoms with Crippen LogP contribution in [0.15, 0.2) is 34.9 Å². The van der Waals surface area contributed by atoms with Gasteiger partial charge in [0.15, 0.2) is 5.82 Å². The van der Waals surface area contributed by atoms with Crippen LogP contribution in [-0.4, -0.2) is 60.5 Å². The Hall–Kier alpha value is -2.67. The van der Waals surface area contributed by atoms with Gasteiger partial charge in [-0.3, -0.25) is 9.59 Å². The van der Waals surface area contributed by atoms with E-state index in [1.54, 1.807) is 17.9 Å². The van der Waals surface area contributed by atoms with Crippen LogP contribution >= 0.6 is 0 Å². The zero-order chi connectivity index (χ0) is 21.2. The lowest BCUT2D eigenvalue weighted by Gasteiger charge is -2.24. The average molecular weight is 401 g/mol. The number of carbonyl (C=O) groups is 2. The first-order chi connectivity index (χ1) is 13.9. The van der Waals surface area contributed by atoms with Gasteiger partial charge < -0.3 is 19.6 Å². The van der Waals surface area contributed by atoms with Gasteiger partial charge in [-0.1, -0.05) is 37.1 Å². The number of amides is 2. The third-order valence-electron chi connectivity index (χ3n) is 4.60. The molecule has 0 aliphatic carbocycles. The second kappa shape index (κ2) is 11.4. The van der Waals surface area contributed by atoms with Gasteiger partial charge >= 0.3 is 0 Å². The van der Waals surface area contributed by atoms with Crippen LogP contribution in [-0.2, 0) is 11.2 Å². The lowest BCUT2D eigenvalue weighted by molar-refractivity contribution is -0.117. The first kappa shape index (κ1) is 22.6. The summed E-state index contributed by atoms with van der Waals surface area (Å²) in [6.45, 7) is 5.01. The molecule has 0 aliphatic rings. The molecule has 7 nitrogen and oxygen atoms in total. The van der Waals surface area contributed by atoms with E-state index in [1.165, 1.54) is 18.4 Å². The monoisotopic (exact) mass is 400 g/mol. The molecule has 0 atom stereocenters. The normalized spacial score (nSPS) is 10.9. The summed E-state index contributed by atoms with van der Waals surface area (Å²) >= 11 is 0. The Balaban J connectivity index is 2.03. The molecule has 0 unspecified atom stereocenters. The van der Waals surface area contributed by atoms with Crippen molar-refractivity contribution in [2.45, 2.75) is 39.5 Å². The highest BCUT2D eigenvalue weighted by atomic mass is 16.5. The molecule has 1 aromatic carbocycles. The molecule has 2 amide bonds. The number of anilines is 1. The van der Waals surface area contributed by atoms with E-state index >= 15 is 0 Å². The van der Waals surface area contributed by atoms with Crippen LogP contribution in [0.4, 0.5) is 5.82 Å². The summed E-state index contributed by atoms with van der Waals surface area (Å²) in [6.07, 6.45) is 4.57. The molecule has 158 valence electrons. The Morgan fingerprint density at radius 1 is 1.10 bits per heavy atom. The topological polar surface area (TPSA) is 78.7 Å². The van der Waals surface area contributed by atoms with Crippen LogP contribution in [0.5, 0.6) is 0 Å². The van der Waals surface area contributed by atoms with Crippen molar-refractivity contribution >= 4 is 17.6 Å². The number of carbonyl (C=O) groups excluding carboxylic acids is 2. The first-order valence-corrected chi connectivity index (χ1v) is 10.1. The number of likely N-dealkylation sites (N-methyl/N-ethyl adjacent to an activating group) is 1. The van der Waals surface area contributed by atoms with Gasteiger partial charge in [0.2, 0.25) is 5.91 Å². The Bertz CT molecular complexity index is 784. The van der Waals surface area contributed by atoms with Crippen molar-refractivity contribution in [3.05, 3.63) is 47.2 Å². The van der Waals surface area contributed by atoms with E-state index in [1.807, 2.05) is 43.3 Å². The third kappa shape index (κ3) is 7.69. The second-order valence-electron chi connectivity index (χ2n) is 7.55. The zero-order valence-corrected chi connectivity index (χ0v) is 17.9. The van der Waals surface area contributed by atoms with Gasteiger partial charge in [-0.2, -0.15) is 0 Å². The number of unbranched alkanes of at least 4 members (excludes halogenated alkanes) is 2. The molecule has 1 aromatic heterocycles. The highest BCUT2D eigenvalue weighted by molar-refractivity contribution is 5.99. The smallest absolute Gasteiger partial charge is 0.254 e. The molecule has 2 rings (SSSR count). The molecular weight excluding hydrogens is 368 g/mol. The summed E-state index contributed by atoms with van der Waals surface area (Å²) < 4.78 is 4.96. The van der Waals surface area contributed by atoms with Crippen molar-refractivity contribution in [3.8, 4) is 0 Å². The Morgan fingerprint density at radius 3 is 2.41 bits per heavy atom. The van der Waals surface area contributed by atoms with Gasteiger partial charge in [-0.05, 0) is 51.6 Å². The second-order valence-corrected chi connectivity index (χ2v) is 7.55. The lowest BCUT2D eigenvalue weighted by Crippen LogP contribution is -2.41. The van der Waals surface area contributed by atoms with Crippen LogP contribution in [0.1, 0.15) is 47.9 Å². The van der Waals surface area contributed by atoms with Gasteiger partial charge in [0.1, 0.15) is 12.3 Å². The van der Waals surface area contributed by atoms with Crippen molar-refractivity contribution in [2.75, 3.05) is 39.0 Å². The highest BCUT2D eigenvalue weighted by Gasteiger charge is 2.19. The van der Waals surface area contributed by atoms with Gasteiger partial charge in [0, 0.05) is 24.7 Å². The molecule has 2 aromatic rings. The first-order valence-electron chi connectivity index (χ1n) is 10.1. The van der Waals surface area contributed by atoms with Crippen LogP contribution in [0, 0.1) is 6.92 Å². The number of aryl methyl sites for hydroxylation is 2. The van der Waals surface area contributed by atoms with E-state index in [0.29, 0.717) is 30.2 Å². The Kier molecular flexibility index (Phi) is 8.86. The van der Waals surface area contributed by atoms with Crippen molar-refractivity contribution in [1.82, 2.24) is 15.0 Å². The van der Waals surface area contributed by atoms with Crippen molar-refractivity contribution in [1.29, 1.82) is 0 Å². The lowest BCUT2D eigenvalue weighted by atomic mass is 10.0. The number of nitrogens with one attached hydrogen (secondary N) is 1. The molecule has 0 aliphatic heterocycles. The van der Waals surface area contributed by atoms with Crippen LogP contribution in [0.2, 0.25) is 0 Å². The minimum atomic E-state index is -0.304. The number of hydrogen-bond acceptors (Lipinski definition) is 5. The number of aromatic nitrogens is 1. The maximum atomic E-state index is 13.0. The summed E-state index contributed by atoms with van der Waals surface area (Å²) in [4.78, 5) is 29.0. The molecular formula is C22H32N4O3. The van der Waals surface area contributed by atoms with Crippen LogP contribution < -0.4 is 5.32 Å². The van der Waals surface area contributed by atoms with Crippen LogP contribution in [0.25, 0.3) is 0 Å². The summed E-state index contributed by atoms with van der Waals surface area (Å²) in [5.74, 6) is 0.504. The van der Waals surface area contributed by atoms with Gasteiger partial charge in [0.25, 0.3) is 5.91 Å². The molecule has 29 heavy (non-hydrogen) atoms. The van der Waals surface area contributed by atoms with Crippen molar-refractivity contribution < 1.29 is 14.1 Å². The molecule has 0 saturated carbocycles. The third-order valence-corrected chi connectivity index (χ3v) is 4.60. The molecule has 0 fully saturated rings. The molecule has 0 radical (unpaired) electrons. The van der Waals surface area contributed by atoms with E-state index in [9.17, 15) is 9.59 Å². The molecule has 1 heterocycles. The largest absolute Gasteiger partial charge is 0.360 e. The maximum Gasteiger partial charge on any atom is 0.254 e. The van der Waals surface area contributed by atoms with E-state index in [4.69, 9.17) is 4.52 Å². The number of rotatable bonds is 11. The van der Waals surface area contributed by atoms with E-state index < -0.39 is 0 Å². The SMILES string of the molecule is CCCCCc1ccc(C(=O)N(CCN(C)C)CC(=O)Nc2cc(C)on2)cc1. The van der Waals surface area contributed by atoms with E-state index in [0.717, 1.165) is 12.8 Å². The fraction of sp³-hybridized carbons (Fsp3) is 0.500. The van der Waals surface area contributed by atoms with E-state index in [-0.39, 0.29) is 18.4 Å². The van der Waals surface area contributed by atoms with Crippen molar-refractivity contribution in [3.63, 3.8) is 0 Å². The summed E-state index contributed by atoms with van der Waals surface area (Å²) in [7, 11) is 3.87. The fourth-order valence-electron chi connectivity index (χ4n) is 2.93. The minimum absolute atomic E-state index is 0.0448. The zero-order valence-electron chi connectivity index (χ0n) is 17.9. The van der Waals surface area contributed by atoms with E-state index in [2.05, 4.69) is 17.4 Å². The molecule has 0 saturated heterocycles. The highest BCUT2D eigenvalue weighted by Crippen LogP contribution is 2.12. The van der Waals surface area contributed by atoms with Gasteiger partial charge in [-0.25, -0.2) is 0 Å². The predicted molar refractivity (Wildman–Crippen MR) is 114 cm³/mol. The quantitative estimate of drug-likeness (QED) is 0.585. The number of nitrogens with zero attached hydrogens (tertiary/aromatic N) is 3. The van der Waals surface area contributed by atoms with Crippen LogP contribution in [0.3, 0.4) is 0 Å². The Morgan fingerprint density at radius 2 is 1.83 bits per heavy atom. The van der Waals surface area contributed by atoms with Gasteiger partial charge in [0.05, 0.1) is 0 Å². The maximum absolute atomic E-state index is 13.0. The van der Waals surface area contributed by atoms with Crippen molar-refractivity contribution in [2.24, 2.45) is 0 Å². The average Bonchev–Trinajstić information content (AvgIpc) is 3.09. The Labute approximate surface area is 173 Å². The summed E-state index contributed by atoms with van der Waals surface area (Å²) in [5, 5.41) is 6.44. The van der Waals surface area contributed by atoms with Gasteiger partial charge in [-0.15, -0.1) is 0 Å². The number of benzene rings is 1.